The van der Waals surface area contributed by atoms with Gasteiger partial charge in [-0.05, 0) is 17.7 Å². The molecule has 0 N–H and O–H groups in total. The van der Waals surface area contributed by atoms with Crippen molar-refractivity contribution in [3.05, 3.63) is 40.0 Å². The Morgan fingerprint density at radius 1 is 1.35 bits per heavy atom. The van der Waals surface area contributed by atoms with E-state index in [0.29, 0.717) is 37.6 Å². The number of hydrogen-bond donors (Lipinski definition) is 0. The summed E-state index contributed by atoms with van der Waals surface area (Å²) >= 11 is 0. The Bertz CT molecular complexity index is 550. The zero-order valence-electron chi connectivity index (χ0n) is 10.7. The highest BCUT2D eigenvalue weighted by Gasteiger charge is 2.21. The van der Waals surface area contributed by atoms with Crippen molar-refractivity contribution < 1.29 is 19.6 Å². The maximum absolute atomic E-state index is 11.1. The molecule has 2 rings (SSSR count). The van der Waals surface area contributed by atoms with Gasteiger partial charge in [0.2, 0.25) is 0 Å². The van der Waals surface area contributed by atoms with E-state index < -0.39 is 10.9 Å². The second-order valence-electron chi connectivity index (χ2n) is 4.26. The van der Waals surface area contributed by atoms with E-state index in [2.05, 4.69) is 0 Å². The van der Waals surface area contributed by atoms with Gasteiger partial charge in [0.1, 0.15) is 5.69 Å². The molecule has 1 saturated heterocycles. The first kappa shape index (κ1) is 14.0. The monoisotopic (exact) mass is 277 g/mol. The van der Waals surface area contributed by atoms with Crippen molar-refractivity contribution in [2.24, 2.45) is 0 Å². The third kappa shape index (κ3) is 3.33. The van der Waals surface area contributed by atoms with Crippen LogP contribution in [0.2, 0.25) is 0 Å². The number of anilines is 1. The molecule has 1 aromatic carbocycles. The molecule has 1 aliphatic rings. The number of nitro groups is 1. The number of ether oxygens (including phenoxy) is 1. The van der Waals surface area contributed by atoms with Crippen molar-refractivity contribution in [1.82, 2.24) is 0 Å². The second kappa shape index (κ2) is 6.16. The zero-order valence-corrected chi connectivity index (χ0v) is 10.7. The van der Waals surface area contributed by atoms with Crippen molar-refractivity contribution in [2.45, 2.75) is 0 Å². The Labute approximate surface area is 115 Å². The number of carboxylic acids is 1. The molecule has 1 aliphatic heterocycles. The van der Waals surface area contributed by atoms with Crippen LogP contribution in [0.15, 0.2) is 24.3 Å². The first-order chi connectivity index (χ1) is 9.58. The number of hydrogen-bond acceptors (Lipinski definition) is 6. The van der Waals surface area contributed by atoms with Crippen LogP contribution < -0.4 is 10.0 Å². The summed E-state index contributed by atoms with van der Waals surface area (Å²) in [6.07, 6.45) is 2.11. The number of carbonyl (C=O) groups excluding carboxylic acids is 1. The zero-order chi connectivity index (χ0) is 14.5. The van der Waals surface area contributed by atoms with Gasteiger partial charge in [-0.15, -0.1) is 0 Å². The van der Waals surface area contributed by atoms with Crippen LogP contribution in [0.4, 0.5) is 11.4 Å². The van der Waals surface area contributed by atoms with Crippen LogP contribution in [0, 0.1) is 10.1 Å². The Hall–Kier alpha value is -2.41. The first-order valence-corrected chi connectivity index (χ1v) is 6.08. The molecule has 106 valence electrons. The van der Waals surface area contributed by atoms with Gasteiger partial charge in [-0.2, -0.15) is 0 Å². The molecular formula is C13H13N2O5-. The molecule has 7 nitrogen and oxygen atoms in total. The van der Waals surface area contributed by atoms with E-state index in [4.69, 9.17) is 4.74 Å². The standard InChI is InChI=1S/C13H14N2O5/c16-13(17)4-2-10-1-3-11(12(9-10)15(18)19)14-5-7-20-8-6-14/h1-4,9H,5-8H2,(H,16,17)/p-1/b4-2+. The molecule has 1 heterocycles. The molecule has 0 unspecified atom stereocenters. The molecule has 0 aromatic heterocycles. The molecule has 7 heteroatoms. The molecule has 0 radical (unpaired) electrons. The number of nitro benzene ring substituents is 1. The van der Waals surface area contributed by atoms with Crippen LogP contribution in [0.25, 0.3) is 6.08 Å². The molecule has 0 amide bonds. The fourth-order valence-corrected chi connectivity index (χ4v) is 2.03. The van der Waals surface area contributed by atoms with Crippen molar-refractivity contribution in [3.63, 3.8) is 0 Å². The number of carbonyl (C=O) groups is 1. The van der Waals surface area contributed by atoms with Gasteiger partial charge >= 0.3 is 0 Å². The highest BCUT2D eigenvalue weighted by molar-refractivity contribution is 5.84. The smallest absolute Gasteiger partial charge is 0.293 e. The Kier molecular flexibility index (Phi) is 4.31. The van der Waals surface area contributed by atoms with E-state index >= 15 is 0 Å². The highest BCUT2D eigenvalue weighted by Crippen LogP contribution is 2.30. The molecule has 0 saturated carbocycles. The SMILES string of the molecule is O=C([O-])/C=C/c1ccc(N2CCOCC2)c([N+](=O)[O-])c1. The van der Waals surface area contributed by atoms with Crippen molar-refractivity contribution >= 4 is 23.4 Å². The van der Waals surface area contributed by atoms with Gasteiger partial charge in [0.05, 0.1) is 24.1 Å². The Balaban J connectivity index is 2.32. The average molecular weight is 277 g/mol. The van der Waals surface area contributed by atoms with E-state index in [1.165, 1.54) is 12.1 Å². The molecule has 0 atom stereocenters. The largest absolute Gasteiger partial charge is 0.545 e. The number of benzene rings is 1. The lowest BCUT2D eigenvalue weighted by Crippen LogP contribution is -2.36. The molecule has 0 bridgehead atoms. The second-order valence-corrected chi connectivity index (χ2v) is 4.26. The van der Waals surface area contributed by atoms with Gasteiger partial charge in [0.15, 0.2) is 0 Å². The number of nitrogens with zero attached hydrogens (tertiary/aromatic N) is 2. The summed E-state index contributed by atoms with van der Waals surface area (Å²) in [6.45, 7) is 2.25. The van der Waals surface area contributed by atoms with Crippen LogP contribution >= 0.6 is 0 Å². The molecule has 20 heavy (non-hydrogen) atoms. The molecule has 1 fully saturated rings. The molecule has 0 spiro atoms. The average Bonchev–Trinajstić information content (AvgIpc) is 2.45. The third-order valence-electron chi connectivity index (χ3n) is 2.96. The minimum absolute atomic E-state index is 0.0487. The summed E-state index contributed by atoms with van der Waals surface area (Å²) in [5.41, 5.74) is 0.911. The van der Waals surface area contributed by atoms with Gasteiger partial charge in [-0.1, -0.05) is 12.1 Å². The van der Waals surface area contributed by atoms with Gasteiger partial charge in [0, 0.05) is 19.2 Å². The van der Waals surface area contributed by atoms with Crippen LogP contribution in [0.5, 0.6) is 0 Å². The number of aliphatic carboxylic acids is 1. The molecule has 0 aliphatic carbocycles. The molecular weight excluding hydrogens is 264 g/mol. The van der Waals surface area contributed by atoms with Gasteiger partial charge < -0.3 is 19.5 Å². The fraction of sp³-hybridized carbons (Fsp3) is 0.308. The van der Waals surface area contributed by atoms with Crippen LogP contribution in [0.3, 0.4) is 0 Å². The van der Waals surface area contributed by atoms with Gasteiger partial charge in [-0.3, -0.25) is 10.1 Å². The first-order valence-electron chi connectivity index (χ1n) is 6.08. The summed E-state index contributed by atoms with van der Waals surface area (Å²) < 4.78 is 5.22. The highest BCUT2D eigenvalue weighted by atomic mass is 16.6. The van der Waals surface area contributed by atoms with Crippen LogP contribution in [-0.2, 0) is 9.53 Å². The minimum Gasteiger partial charge on any atom is -0.545 e. The predicted molar refractivity (Wildman–Crippen MR) is 70.2 cm³/mol. The van der Waals surface area contributed by atoms with Crippen molar-refractivity contribution in [3.8, 4) is 0 Å². The number of rotatable bonds is 4. The summed E-state index contributed by atoms with van der Waals surface area (Å²) in [5, 5.41) is 21.5. The van der Waals surface area contributed by atoms with Crippen molar-refractivity contribution in [2.75, 3.05) is 31.2 Å². The van der Waals surface area contributed by atoms with Crippen LogP contribution in [0.1, 0.15) is 5.56 Å². The third-order valence-corrected chi connectivity index (χ3v) is 2.96. The molecule has 1 aromatic rings. The van der Waals surface area contributed by atoms with E-state index in [-0.39, 0.29) is 5.69 Å². The maximum Gasteiger partial charge on any atom is 0.293 e. The quantitative estimate of drug-likeness (QED) is 0.443. The lowest BCUT2D eigenvalue weighted by atomic mass is 10.1. The maximum atomic E-state index is 11.1. The Morgan fingerprint density at radius 2 is 2.05 bits per heavy atom. The van der Waals surface area contributed by atoms with Crippen molar-refractivity contribution in [1.29, 1.82) is 0 Å². The topological polar surface area (TPSA) is 95.7 Å². The summed E-state index contributed by atoms with van der Waals surface area (Å²) in [7, 11) is 0. The van der Waals surface area contributed by atoms with Crippen LogP contribution in [-0.4, -0.2) is 37.2 Å². The normalized spacial score (nSPS) is 15.5. The van der Waals surface area contributed by atoms with Gasteiger partial charge in [-0.25, -0.2) is 0 Å². The summed E-state index contributed by atoms with van der Waals surface area (Å²) in [6, 6.07) is 4.61. The minimum atomic E-state index is -1.34. The number of morpholine rings is 1. The summed E-state index contributed by atoms with van der Waals surface area (Å²) in [4.78, 5) is 22.9. The number of carboxylic acid groups (broad SMARTS) is 1. The summed E-state index contributed by atoms with van der Waals surface area (Å²) in [5.74, 6) is -1.34. The fourth-order valence-electron chi connectivity index (χ4n) is 2.03. The van der Waals surface area contributed by atoms with E-state index in [9.17, 15) is 20.0 Å². The van der Waals surface area contributed by atoms with E-state index in [0.717, 1.165) is 6.08 Å². The van der Waals surface area contributed by atoms with E-state index in [1.807, 2.05) is 4.90 Å². The predicted octanol–water partition coefficient (Wildman–Crippen LogP) is 0.195. The Morgan fingerprint density at radius 3 is 2.65 bits per heavy atom. The lowest BCUT2D eigenvalue weighted by molar-refractivity contribution is -0.384. The lowest BCUT2D eigenvalue weighted by Gasteiger charge is -2.28. The van der Waals surface area contributed by atoms with E-state index in [1.54, 1.807) is 12.1 Å². The van der Waals surface area contributed by atoms with Gasteiger partial charge in [0.25, 0.3) is 5.69 Å².